The third-order valence-corrected chi connectivity index (χ3v) is 1.89. The van der Waals surface area contributed by atoms with Crippen molar-refractivity contribution in [1.82, 2.24) is 4.98 Å². The second-order valence-corrected chi connectivity index (χ2v) is 3.03. The highest BCUT2D eigenvalue weighted by atomic mass is 19.2. The average molecular weight is 243 g/mol. The SMILES string of the molecule is Fc1nc(F)c(F)c([N-][n+]2ccccc2)c1F. The lowest BCUT2D eigenvalue weighted by Gasteiger charge is -2.15. The van der Waals surface area contributed by atoms with Gasteiger partial charge >= 0.3 is 0 Å². The molecule has 2 aromatic rings. The van der Waals surface area contributed by atoms with E-state index in [9.17, 15) is 17.6 Å². The Bertz CT molecular complexity index is 519. The van der Waals surface area contributed by atoms with Crippen LogP contribution in [-0.4, -0.2) is 4.98 Å². The highest BCUT2D eigenvalue weighted by molar-refractivity contribution is 5.46. The van der Waals surface area contributed by atoms with Gasteiger partial charge in [0.1, 0.15) is 0 Å². The monoisotopic (exact) mass is 243 g/mol. The summed E-state index contributed by atoms with van der Waals surface area (Å²) in [6.45, 7) is 0. The zero-order valence-corrected chi connectivity index (χ0v) is 8.24. The maximum atomic E-state index is 13.2. The summed E-state index contributed by atoms with van der Waals surface area (Å²) >= 11 is 0. The fraction of sp³-hybridized carbons (Fsp3) is 0. The molecule has 0 unspecified atom stereocenters. The van der Waals surface area contributed by atoms with Crippen LogP contribution in [-0.2, 0) is 0 Å². The molecule has 2 heterocycles. The summed E-state index contributed by atoms with van der Waals surface area (Å²) in [6, 6.07) is 4.72. The van der Waals surface area contributed by atoms with Gasteiger partial charge in [-0.05, 0) is 5.69 Å². The Hall–Kier alpha value is -2.18. The summed E-state index contributed by atoms with van der Waals surface area (Å²) in [5.41, 5.74) is 2.34. The molecule has 0 aliphatic carbocycles. The van der Waals surface area contributed by atoms with Crippen molar-refractivity contribution in [2.45, 2.75) is 0 Å². The maximum Gasteiger partial charge on any atom is 0.250 e. The van der Waals surface area contributed by atoms with Crippen molar-refractivity contribution in [2.24, 2.45) is 0 Å². The predicted octanol–water partition coefficient (Wildman–Crippen LogP) is 2.39. The Morgan fingerprint density at radius 3 is 1.94 bits per heavy atom. The molecule has 0 saturated heterocycles. The fourth-order valence-corrected chi connectivity index (χ4v) is 1.14. The van der Waals surface area contributed by atoms with Gasteiger partial charge in [0.05, 0.1) is 0 Å². The highest BCUT2D eigenvalue weighted by Crippen LogP contribution is 2.26. The van der Waals surface area contributed by atoms with E-state index in [1.54, 1.807) is 6.07 Å². The largest absolute Gasteiger partial charge is 0.399 e. The molecule has 0 saturated carbocycles. The Labute approximate surface area is 93.3 Å². The van der Waals surface area contributed by atoms with Crippen molar-refractivity contribution in [2.75, 3.05) is 0 Å². The average Bonchev–Trinajstić information content (AvgIpc) is 2.33. The quantitative estimate of drug-likeness (QED) is 0.452. The van der Waals surface area contributed by atoms with Gasteiger partial charge in [-0.15, -0.1) is 0 Å². The van der Waals surface area contributed by atoms with E-state index >= 15 is 0 Å². The van der Waals surface area contributed by atoms with Crippen LogP contribution in [0.1, 0.15) is 0 Å². The molecule has 0 aromatic carbocycles. The van der Waals surface area contributed by atoms with Gasteiger partial charge in [-0.25, -0.2) is 13.5 Å². The molecular weight excluding hydrogens is 238 g/mol. The predicted molar refractivity (Wildman–Crippen MR) is 49.1 cm³/mol. The molecule has 0 aliphatic rings. The van der Waals surface area contributed by atoms with Crippen LogP contribution in [0.5, 0.6) is 0 Å². The Morgan fingerprint density at radius 2 is 1.41 bits per heavy atom. The van der Waals surface area contributed by atoms with Crippen LogP contribution in [0.15, 0.2) is 30.6 Å². The van der Waals surface area contributed by atoms with Crippen molar-refractivity contribution in [1.29, 1.82) is 0 Å². The van der Waals surface area contributed by atoms with Gasteiger partial charge in [-0.1, -0.05) is 6.07 Å². The van der Waals surface area contributed by atoms with Crippen LogP contribution in [0.3, 0.4) is 0 Å². The van der Waals surface area contributed by atoms with Crippen molar-refractivity contribution >= 4 is 5.69 Å². The van der Waals surface area contributed by atoms with E-state index in [1.165, 1.54) is 24.5 Å². The minimum absolute atomic E-state index is 1.01. The Kier molecular flexibility index (Phi) is 2.90. The number of aromatic nitrogens is 2. The molecule has 7 heteroatoms. The summed E-state index contributed by atoms with van der Waals surface area (Å²) in [6.07, 6.45) is 2.71. The van der Waals surface area contributed by atoms with E-state index in [4.69, 9.17) is 0 Å². The first-order chi connectivity index (χ1) is 8.09. The lowest BCUT2D eigenvalue weighted by atomic mass is 10.3. The molecule has 88 valence electrons. The van der Waals surface area contributed by atoms with Gasteiger partial charge in [0.25, 0.3) is 11.9 Å². The van der Waals surface area contributed by atoms with Gasteiger partial charge in [0.15, 0.2) is 24.0 Å². The van der Waals surface area contributed by atoms with E-state index in [-0.39, 0.29) is 0 Å². The normalized spacial score (nSPS) is 10.4. The summed E-state index contributed by atoms with van der Waals surface area (Å²) < 4.78 is 52.9. The lowest BCUT2D eigenvalue weighted by Crippen LogP contribution is -2.27. The Morgan fingerprint density at radius 1 is 0.882 bits per heavy atom. The molecule has 3 nitrogen and oxygen atoms in total. The van der Waals surface area contributed by atoms with Gasteiger partial charge in [0, 0.05) is 12.1 Å². The molecular formula is C10H5F4N3. The molecule has 0 fully saturated rings. The lowest BCUT2D eigenvalue weighted by molar-refractivity contribution is -0.619. The van der Waals surface area contributed by atoms with Crippen molar-refractivity contribution in [3.05, 3.63) is 59.5 Å². The number of hydrogen-bond acceptors (Lipinski definition) is 1. The summed E-state index contributed by atoms with van der Waals surface area (Å²) in [5, 5.41) is 0. The number of rotatable bonds is 2. The molecule has 0 N–H and O–H groups in total. The van der Waals surface area contributed by atoms with Crippen LogP contribution in [0, 0.1) is 23.5 Å². The van der Waals surface area contributed by atoms with Crippen LogP contribution in [0.4, 0.5) is 23.2 Å². The van der Waals surface area contributed by atoms with Crippen molar-refractivity contribution < 1.29 is 22.2 Å². The van der Waals surface area contributed by atoms with Crippen LogP contribution < -0.4 is 4.68 Å². The fourth-order valence-electron chi connectivity index (χ4n) is 1.14. The first-order valence-electron chi connectivity index (χ1n) is 4.48. The van der Waals surface area contributed by atoms with E-state index < -0.39 is 29.2 Å². The molecule has 0 atom stereocenters. The molecule has 0 spiro atoms. The van der Waals surface area contributed by atoms with E-state index in [0.717, 1.165) is 4.68 Å². The topological polar surface area (TPSA) is 30.9 Å². The zero-order chi connectivity index (χ0) is 12.4. The third kappa shape index (κ3) is 2.17. The molecule has 0 bridgehead atoms. The number of nitrogens with zero attached hydrogens (tertiary/aromatic N) is 3. The van der Waals surface area contributed by atoms with E-state index in [2.05, 4.69) is 10.4 Å². The summed E-state index contributed by atoms with van der Waals surface area (Å²) in [5.74, 6) is -6.75. The van der Waals surface area contributed by atoms with E-state index in [0.29, 0.717) is 0 Å². The summed E-state index contributed by atoms with van der Waals surface area (Å²) in [4.78, 5) is 2.42. The molecule has 17 heavy (non-hydrogen) atoms. The zero-order valence-electron chi connectivity index (χ0n) is 8.24. The standard InChI is InChI=1S/C10H5F4N3/c11-6-8(7(12)10(14)15-9(6)13)16-17-4-2-1-3-5-17/h1-5H. The second kappa shape index (κ2) is 4.36. The van der Waals surface area contributed by atoms with E-state index in [1.807, 2.05) is 0 Å². The van der Waals surface area contributed by atoms with Crippen molar-refractivity contribution in [3.63, 3.8) is 0 Å². The van der Waals surface area contributed by atoms with Gasteiger partial charge in [-0.2, -0.15) is 13.8 Å². The summed E-state index contributed by atoms with van der Waals surface area (Å²) in [7, 11) is 0. The minimum Gasteiger partial charge on any atom is -0.399 e. The molecule has 0 amide bonds. The first-order valence-corrected chi connectivity index (χ1v) is 4.48. The van der Waals surface area contributed by atoms with Crippen LogP contribution in [0.2, 0.25) is 0 Å². The smallest absolute Gasteiger partial charge is 0.250 e. The molecule has 2 rings (SSSR count). The second-order valence-electron chi connectivity index (χ2n) is 3.03. The molecule has 0 radical (unpaired) electrons. The van der Waals surface area contributed by atoms with Crippen LogP contribution >= 0.6 is 0 Å². The first kappa shape index (κ1) is 11.3. The molecule has 2 aromatic heterocycles. The number of hydrogen-bond donors (Lipinski definition) is 0. The number of halogens is 4. The van der Waals surface area contributed by atoms with Gasteiger partial charge in [-0.3, -0.25) is 0 Å². The Balaban J connectivity index is 2.46. The highest BCUT2D eigenvalue weighted by Gasteiger charge is 2.16. The molecule has 0 aliphatic heterocycles. The minimum atomic E-state index is -1.74. The van der Waals surface area contributed by atoms with Crippen LogP contribution in [0.25, 0.3) is 5.43 Å². The number of pyridine rings is 2. The van der Waals surface area contributed by atoms with Gasteiger partial charge < -0.3 is 5.43 Å². The van der Waals surface area contributed by atoms with Gasteiger partial charge in [0.2, 0.25) is 0 Å². The van der Waals surface area contributed by atoms with Crippen molar-refractivity contribution in [3.8, 4) is 0 Å². The maximum absolute atomic E-state index is 13.2. The third-order valence-electron chi connectivity index (χ3n) is 1.89.